The minimum absolute atomic E-state index is 0.103. The van der Waals surface area contributed by atoms with Gasteiger partial charge in [0.2, 0.25) is 0 Å². The summed E-state index contributed by atoms with van der Waals surface area (Å²) in [5.74, 6) is 0. The van der Waals surface area contributed by atoms with Crippen molar-refractivity contribution in [3.05, 3.63) is 66.0 Å². The number of carbonyl (C=O) groups is 1. The van der Waals surface area contributed by atoms with Crippen molar-refractivity contribution in [1.29, 1.82) is 0 Å². The van der Waals surface area contributed by atoms with Crippen molar-refractivity contribution in [3.8, 4) is 0 Å². The minimum atomic E-state index is -0.103. The van der Waals surface area contributed by atoms with Crippen molar-refractivity contribution in [2.24, 2.45) is 0 Å². The Hall–Kier alpha value is -2.66. The summed E-state index contributed by atoms with van der Waals surface area (Å²) in [4.78, 5) is 19.6. The summed E-state index contributed by atoms with van der Waals surface area (Å²) in [5, 5.41) is 3.02. The van der Waals surface area contributed by atoms with Gasteiger partial charge in [-0.3, -0.25) is 4.57 Å². The molecule has 0 unspecified atom stereocenters. The number of benzene rings is 2. The first-order valence-corrected chi connectivity index (χ1v) is 10.3. The van der Waals surface area contributed by atoms with Crippen molar-refractivity contribution in [2.45, 2.75) is 32.1 Å². The Kier molecular flexibility index (Phi) is 6.02. The molecule has 1 aromatic heterocycles. The van der Waals surface area contributed by atoms with Gasteiger partial charge in [0.05, 0.1) is 11.0 Å². The van der Waals surface area contributed by atoms with Gasteiger partial charge in [-0.05, 0) is 68.9 Å². The molecule has 1 aliphatic heterocycles. The molecule has 4 rings (SSSR count). The Morgan fingerprint density at radius 2 is 1.86 bits per heavy atom. The van der Waals surface area contributed by atoms with Crippen LogP contribution in [0.3, 0.4) is 0 Å². The average molecular weight is 377 g/mol. The molecule has 2 aromatic carbocycles. The standard InChI is InChI=1S/C23H28N4O/c28-23(24-14-5-10-19-8-2-1-3-9-19)27-18-25-22-20(11-4-13-21(22)27)12-6-15-26-16-7-17-26/h1-4,8-9,11,13,18H,5-7,10,12,14-17H2,(H,24,28). The second kappa shape index (κ2) is 9.02. The number of likely N-dealkylation sites (tertiary alicyclic amines) is 1. The fraction of sp³-hybridized carbons (Fsp3) is 0.391. The molecule has 0 saturated carbocycles. The van der Waals surface area contributed by atoms with E-state index < -0.39 is 0 Å². The Morgan fingerprint density at radius 3 is 2.64 bits per heavy atom. The maximum absolute atomic E-state index is 12.6. The maximum atomic E-state index is 12.6. The van der Waals surface area contributed by atoms with Gasteiger partial charge in [0, 0.05) is 6.54 Å². The lowest BCUT2D eigenvalue weighted by molar-refractivity contribution is 0.179. The number of rotatable bonds is 8. The Labute approximate surface area is 166 Å². The molecule has 5 heteroatoms. The van der Waals surface area contributed by atoms with Crippen LogP contribution in [0.2, 0.25) is 0 Å². The van der Waals surface area contributed by atoms with Crippen molar-refractivity contribution >= 4 is 17.1 Å². The first-order chi connectivity index (χ1) is 13.8. The van der Waals surface area contributed by atoms with Crippen LogP contribution in [0.4, 0.5) is 4.79 Å². The predicted molar refractivity (Wildman–Crippen MR) is 113 cm³/mol. The zero-order valence-electron chi connectivity index (χ0n) is 16.3. The summed E-state index contributed by atoms with van der Waals surface area (Å²) in [6.07, 6.45) is 7.01. The number of para-hydroxylation sites is 1. The first kappa shape index (κ1) is 18.7. The van der Waals surface area contributed by atoms with Crippen LogP contribution in [-0.2, 0) is 12.8 Å². The van der Waals surface area contributed by atoms with Crippen LogP contribution in [0, 0.1) is 0 Å². The number of nitrogens with zero attached hydrogens (tertiary/aromatic N) is 3. The third kappa shape index (κ3) is 4.42. The number of nitrogens with one attached hydrogen (secondary N) is 1. The van der Waals surface area contributed by atoms with Crippen molar-refractivity contribution in [2.75, 3.05) is 26.2 Å². The second-order valence-electron chi connectivity index (χ2n) is 7.52. The first-order valence-electron chi connectivity index (χ1n) is 10.3. The zero-order valence-corrected chi connectivity index (χ0v) is 16.3. The number of aryl methyl sites for hydroxylation is 2. The fourth-order valence-electron chi connectivity index (χ4n) is 3.78. The molecule has 1 amide bonds. The van der Waals surface area contributed by atoms with Crippen molar-refractivity contribution in [1.82, 2.24) is 19.8 Å². The van der Waals surface area contributed by atoms with Crippen LogP contribution < -0.4 is 5.32 Å². The molecule has 0 bridgehead atoms. The maximum Gasteiger partial charge on any atom is 0.327 e. The van der Waals surface area contributed by atoms with Gasteiger partial charge in [-0.1, -0.05) is 42.5 Å². The molecule has 1 saturated heterocycles. The van der Waals surface area contributed by atoms with Gasteiger partial charge in [0.25, 0.3) is 0 Å². The van der Waals surface area contributed by atoms with E-state index in [4.69, 9.17) is 0 Å². The zero-order chi connectivity index (χ0) is 19.2. The predicted octanol–water partition coefficient (Wildman–Crippen LogP) is 3.87. The number of imidazole rings is 1. The fourth-order valence-corrected chi connectivity index (χ4v) is 3.78. The van der Waals surface area contributed by atoms with Crippen LogP contribution in [0.5, 0.6) is 0 Å². The van der Waals surface area contributed by atoms with Crippen LogP contribution >= 0.6 is 0 Å². The van der Waals surface area contributed by atoms with E-state index in [0.29, 0.717) is 6.54 Å². The molecule has 3 aromatic rings. The van der Waals surface area contributed by atoms with Crippen LogP contribution in [0.25, 0.3) is 11.0 Å². The normalized spacial score (nSPS) is 14.1. The van der Waals surface area contributed by atoms with Crippen LogP contribution in [0.1, 0.15) is 30.4 Å². The lowest BCUT2D eigenvalue weighted by Gasteiger charge is -2.30. The molecular weight excluding hydrogens is 348 g/mol. The van der Waals surface area contributed by atoms with Gasteiger partial charge in [0.15, 0.2) is 0 Å². The summed E-state index contributed by atoms with van der Waals surface area (Å²) >= 11 is 0. The molecule has 2 heterocycles. The molecule has 0 aliphatic carbocycles. The summed E-state index contributed by atoms with van der Waals surface area (Å²) in [7, 11) is 0. The van der Waals surface area contributed by atoms with E-state index >= 15 is 0 Å². The molecule has 1 N–H and O–H groups in total. The van der Waals surface area contributed by atoms with Gasteiger partial charge >= 0.3 is 6.03 Å². The molecule has 5 nitrogen and oxygen atoms in total. The number of aromatic nitrogens is 2. The van der Waals surface area contributed by atoms with E-state index in [1.165, 1.54) is 30.6 Å². The highest BCUT2D eigenvalue weighted by molar-refractivity contribution is 5.90. The number of hydrogen-bond donors (Lipinski definition) is 1. The highest BCUT2D eigenvalue weighted by Crippen LogP contribution is 2.19. The van der Waals surface area contributed by atoms with Crippen molar-refractivity contribution in [3.63, 3.8) is 0 Å². The van der Waals surface area contributed by atoms with E-state index in [2.05, 4.69) is 33.4 Å². The Morgan fingerprint density at radius 1 is 1.00 bits per heavy atom. The number of fused-ring (bicyclic) bond motifs is 1. The van der Waals surface area contributed by atoms with Gasteiger partial charge < -0.3 is 10.2 Å². The van der Waals surface area contributed by atoms with Crippen molar-refractivity contribution < 1.29 is 4.79 Å². The smallest absolute Gasteiger partial charge is 0.327 e. The third-order valence-electron chi connectivity index (χ3n) is 5.51. The molecule has 146 valence electrons. The molecule has 0 radical (unpaired) electrons. The van der Waals surface area contributed by atoms with Gasteiger partial charge in [-0.2, -0.15) is 0 Å². The quantitative estimate of drug-likeness (QED) is 0.607. The third-order valence-corrected chi connectivity index (χ3v) is 5.51. The Balaban J connectivity index is 1.32. The number of carbonyl (C=O) groups excluding carboxylic acids is 1. The lowest BCUT2D eigenvalue weighted by atomic mass is 10.1. The van der Waals surface area contributed by atoms with E-state index in [1.54, 1.807) is 10.9 Å². The molecule has 1 aliphatic rings. The topological polar surface area (TPSA) is 50.2 Å². The molecular formula is C23H28N4O. The SMILES string of the molecule is O=C(NCCCc1ccccc1)n1cnc2c(CCCN3CCC3)cccc21. The largest absolute Gasteiger partial charge is 0.337 e. The highest BCUT2D eigenvalue weighted by atomic mass is 16.2. The van der Waals surface area contributed by atoms with Crippen LogP contribution in [-0.4, -0.2) is 46.7 Å². The highest BCUT2D eigenvalue weighted by Gasteiger charge is 2.14. The summed E-state index contributed by atoms with van der Waals surface area (Å²) in [5.41, 5.74) is 4.37. The van der Waals surface area contributed by atoms with Gasteiger partial charge in [-0.15, -0.1) is 0 Å². The van der Waals surface area contributed by atoms with E-state index in [9.17, 15) is 4.79 Å². The minimum Gasteiger partial charge on any atom is -0.337 e. The molecule has 28 heavy (non-hydrogen) atoms. The summed E-state index contributed by atoms with van der Waals surface area (Å²) in [6.45, 7) is 4.29. The van der Waals surface area contributed by atoms with E-state index in [1.807, 2.05) is 30.3 Å². The van der Waals surface area contributed by atoms with E-state index in [0.717, 1.165) is 43.3 Å². The average Bonchev–Trinajstić information content (AvgIpc) is 3.13. The molecule has 0 atom stereocenters. The lowest BCUT2D eigenvalue weighted by Crippen LogP contribution is -2.37. The van der Waals surface area contributed by atoms with E-state index in [-0.39, 0.29) is 6.03 Å². The number of amides is 1. The van der Waals surface area contributed by atoms with Gasteiger partial charge in [-0.25, -0.2) is 9.78 Å². The molecule has 0 spiro atoms. The van der Waals surface area contributed by atoms with Gasteiger partial charge in [0.1, 0.15) is 6.33 Å². The van der Waals surface area contributed by atoms with Crippen LogP contribution in [0.15, 0.2) is 54.9 Å². The summed E-state index contributed by atoms with van der Waals surface area (Å²) < 4.78 is 1.64. The summed E-state index contributed by atoms with van der Waals surface area (Å²) in [6, 6.07) is 16.4. The number of hydrogen-bond acceptors (Lipinski definition) is 3. The Bertz CT molecular complexity index is 915. The monoisotopic (exact) mass is 376 g/mol. The molecule has 1 fully saturated rings. The second-order valence-corrected chi connectivity index (χ2v) is 7.52.